The van der Waals surface area contributed by atoms with Crippen molar-refractivity contribution in [2.24, 2.45) is 0 Å². The first-order valence-corrected chi connectivity index (χ1v) is 7.07. The number of benzene rings is 2. The number of anilines is 1. The van der Waals surface area contributed by atoms with Gasteiger partial charge in [-0.2, -0.15) is 0 Å². The van der Waals surface area contributed by atoms with Crippen molar-refractivity contribution in [1.82, 2.24) is 0 Å². The van der Waals surface area contributed by atoms with Crippen LogP contribution in [0.4, 0.5) is 11.4 Å². The number of halogens is 2. The molecule has 2 aromatic rings. The molecular weight excluding hydrogens is 344 g/mol. The second-order valence-electron chi connectivity index (χ2n) is 4.36. The van der Waals surface area contributed by atoms with E-state index >= 15 is 0 Å². The van der Waals surface area contributed by atoms with Crippen LogP contribution in [-0.2, 0) is 6.54 Å². The van der Waals surface area contributed by atoms with Gasteiger partial charge in [0.25, 0.3) is 5.69 Å². The van der Waals surface area contributed by atoms with Gasteiger partial charge < -0.3 is 5.32 Å². The molecule has 0 heterocycles. The van der Waals surface area contributed by atoms with E-state index in [-0.39, 0.29) is 10.6 Å². The zero-order chi connectivity index (χ0) is 14.7. The van der Waals surface area contributed by atoms with Gasteiger partial charge in [-0.1, -0.05) is 23.7 Å². The molecule has 1 N–H and O–H groups in total. The molecule has 0 radical (unpaired) electrons. The Morgan fingerprint density at radius 2 is 2.05 bits per heavy atom. The number of rotatable bonds is 4. The maximum atomic E-state index is 10.9. The Morgan fingerprint density at radius 1 is 1.30 bits per heavy atom. The monoisotopic (exact) mass is 354 g/mol. The molecule has 0 aliphatic rings. The van der Waals surface area contributed by atoms with Gasteiger partial charge in [-0.05, 0) is 46.6 Å². The summed E-state index contributed by atoms with van der Waals surface area (Å²) in [4.78, 5) is 10.5. The molecule has 0 bridgehead atoms. The van der Waals surface area contributed by atoms with Crippen LogP contribution < -0.4 is 5.32 Å². The maximum Gasteiger partial charge on any atom is 0.272 e. The van der Waals surface area contributed by atoms with E-state index in [9.17, 15) is 10.1 Å². The summed E-state index contributed by atoms with van der Waals surface area (Å²) >= 11 is 9.33. The quantitative estimate of drug-likeness (QED) is 0.625. The third-order valence-corrected chi connectivity index (χ3v) is 4.12. The van der Waals surface area contributed by atoms with E-state index in [1.807, 2.05) is 18.2 Å². The average Bonchev–Trinajstić information content (AvgIpc) is 2.41. The molecule has 4 nitrogen and oxygen atoms in total. The predicted molar refractivity (Wildman–Crippen MR) is 84.3 cm³/mol. The van der Waals surface area contributed by atoms with Gasteiger partial charge in [-0.3, -0.25) is 10.1 Å². The third-order valence-electron chi connectivity index (χ3n) is 2.89. The first kappa shape index (κ1) is 14.8. The summed E-state index contributed by atoms with van der Waals surface area (Å²) in [5, 5.41) is 14.7. The Kier molecular flexibility index (Phi) is 4.62. The fourth-order valence-electron chi connectivity index (χ4n) is 1.77. The first-order chi connectivity index (χ1) is 9.47. The zero-order valence-electron chi connectivity index (χ0n) is 10.7. The third kappa shape index (κ3) is 3.49. The molecule has 0 aliphatic carbocycles. The van der Waals surface area contributed by atoms with Gasteiger partial charge in [0, 0.05) is 28.3 Å². The summed E-state index contributed by atoms with van der Waals surface area (Å²) in [5.74, 6) is 0. The summed E-state index contributed by atoms with van der Waals surface area (Å²) in [6, 6.07) is 10.7. The summed E-state index contributed by atoms with van der Waals surface area (Å²) in [5.41, 5.74) is 2.51. The number of nitro benzene ring substituents is 1. The minimum Gasteiger partial charge on any atom is -0.381 e. The van der Waals surface area contributed by atoms with Crippen molar-refractivity contribution < 1.29 is 4.92 Å². The molecule has 0 saturated heterocycles. The first-order valence-electron chi connectivity index (χ1n) is 5.90. The largest absolute Gasteiger partial charge is 0.381 e. The molecule has 2 rings (SSSR count). The summed E-state index contributed by atoms with van der Waals surface area (Å²) in [6.45, 7) is 2.23. The highest BCUT2D eigenvalue weighted by Crippen LogP contribution is 2.26. The lowest BCUT2D eigenvalue weighted by atomic mass is 10.1. The molecule has 0 unspecified atom stereocenters. The van der Waals surface area contributed by atoms with Crippen LogP contribution in [0.15, 0.2) is 40.9 Å². The van der Waals surface area contributed by atoms with Crippen molar-refractivity contribution in [3.8, 4) is 0 Å². The lowest BCUT2D eigenvalue weighted by Gasteiger charge is -2.08. The number of nitrogens with zero attached hydrogens (tertiary/aromatic N) is 1. The van der Waals surface area contributed by atoms with Gasteiger partial charge in [-0.25, -0.2) is 0 Å². The number of nitrogens with one attached hydrogen (secondary N) is 1. The minimum atomic E-state index is -0.366. The Hall–Kier alpha value is -1.59. The van der Waals surface area contributed by atoms with Gasteiger partial charge in [0.2, 0.25) is 0 Å². The Morgan fingerprint density at radius 3 is 2.70 bits per heavy atom. The molecule has 6 heteroatoms. The van der Waals surface area contributed by atoms with Crippen molar-refractivity contribution in [2.45, 2.75) is 13.5 Å². The minimum absolute atomic E-state index is 0.137. The maximum absolute atomic E-state index is 10.9. The fourth-order valence-corrected chi connectivity index (χ4v) is 2.20. The van der Waals surface area contributed by atoms with Crippen molar-refractivity contribution in [3.63, 3.8) is 0 Å². The van der Waals surface area contributed by atoms with Gasteiger partial charge in [-0.15, -0.1) is 0 Å². The lowest BCUT2D eigenvalue weighted by molar-refractivity contribution is -0.385. The Bertz CT molecular complexity index is 662. The number of nitro groups is 1. The van der Waals surface area contributed by atoms with Crippen LogP contribution in [-0.4, -0.2) is 4.92 Å². The van der Waals surface area contributed by atoms with Crippen LogP contribution in [0.2, 0.25) is 5.02 Å². The van der Waals surface area contributed by atoms with Crippen LogP contribution in [0.5, 0.6) is 0 Å². The van der Waals surface area contributed by atoms with Crippen LogP contribution >= 0.6 is 27.5 Å². The standard InChI is InChI=1S/C14H12BrClN2O2/c1-9-2-3-10(6-14(9)18(19)20)8-17-11-4-5-12(15)13(16)7-11/h2-7,17H,8H2,1H3. The topological polar surface area (TPSA) is 55.2 Å². The lowest BCUT2D eigenvalue weighted by Crippen LogP contribution is -2.01. The number of aryl methyl sites for hydroxylation is 1. The number of hydrogen-bond acceptors (Lipinski definition) is 3. The predicted octanol–water partition coefficient (Wildman–Crippen LogP) is 4.93. The van der Waals surface area contributed by atoms with Crippen LogP contribution in [0.3, 0.4) is 0 Å². The van der Waals surface area contributed by atoms with Gasteiger partial charge in [0.05, 0.1) is 9.95 Å². The molecule has 0 aliphatic heterocycles. The molecule has 0 aromatic heterocycles. The van der Waals surface area contributed by atoms with Gasteiger partial charge in [0.15, 0.2) is 0 Å². The van der Waals surface area contributed by atoms with Crippen molar-refractivity contribution in [3.05, 3.63) is 67.1 Å². The highest BCUT2D eigenvalue weighted by Gasteiger charge is 2.10. The fraction of sp³-hybridized carbons (Fsp3) is 0.143. The Balaban J connectivity index is 2.12. The van der Waals surface area contributed by atoms with E-state index in [0.29, 0.717) is 17.1 Å². The molecular formula is C14H12BrClN2O2. The van der Waals surface area contributed by atoms with E-state index in [4.69, 9.17) is 11.6 Å². The molecule has 0 saturated carbocycles. The Labute approximate surface area is 130 Å². The smallest absolute Gasteiger partial charge is 0.272 e. The van der Waals surface area contributed by atoms with Crippen LogP contribution in [0, 0.1) is 17.0 Å². The summed E-state index contributed by atoms with van der Waals surface area (Å²) in [6.07, 6.45) is 0. The highest BCUT2D eigenvalue weighted by atomic mass is 79.9. The normalized spacial score (nSPS) is 10.3. The molecule has 20 heavy (non-hydrogen) atoms. The molecule has 0 fully saturated rings. The zero-order valence-corrected chi connectivity index (χ0v) is 13.0. The van der Waals surface area contributed by atoms with E-state index in [1.165, 1.54) is 0 Å². The van der Waals surface area contributed by atoms with Crippen molar-refractivity contribution in [1.29, 1.82) is 0 Å². The van der Waals surface area contributed by atoms with Crippen LogP contribution in [0.25, 0.3) is 0 Å². The second kappa shape index (κ2) is 6.24. The molecule has 0 atom stereocenters. The number of hydrogen-bond donors (Lipinski definition) is 1. The SMILES string of the molecule is Cc1ccc(CNc2ccc(Br)c(Cl)c2)cc1[N+](=O)[O-]. The summed E-state index contributed by atoms with van der Waals surface area (Å²) < 4.78 is 0.829. The van der Waals surface area contributed by atoms with Crippen LogP contribution in [0.1, 0.15) is 11.1 Å². The van der Waals surface area contributed by atoms with Crippen molar-refractivity contribution >= 4 is 38.9 Å². The molecule has 2 aromatic carbocycles. The van der Waals surface area contributed by atoms with Gasteiger partial charge in [0.1, 0.15) is 0 Å². The van der Waals surface area contributed by atoms with E-state index in [1.54, 1.807) is 25.1 Å². The van der Waals surface area contributed by atoms with E-state index < -0.39 is 0 Å². The van der Waals surface area contributed by atoms with E-state index in [2.05, 4.69) is 21.2 Å². The highest BCUT2D eigenvalue weighted by molar-refractivity contribution is 9.10. The van der Waals surface area contributed by atoms with Crippen molar-refractivity contribution in [2.75, 3.05) is 5.32 Å². The molecule has 0 amide bonds. The summed E-state index contributed by atoms with van der Waals surface area (Å²) in [7, 11) is 0. The molecule has 0 spiro atoms. The van der Waals surface area contributed by atoms with Gasteiger partial charge >= 0.3 is 0 Å². The molecule has 104 valence electrons. The van der Waals surface area contributed by atoms with E-state index in [0.717, 1.165) is 15.7 Å². The average molecular weight is 356 g/mol. The second-order valence-corrected chi connectivity index (χ2v) is 5.62.